The molecule has 0 aliphatic rings. The van der Waals surface area contributed by atoms with E-state index in [4.69, 9.17) is 0 Å². The number of rotatable bonds is 6. The van der Waals surface area contributed by atoms with Crippen molar-refractivity contribution in [3.05, 3.63) is 75.2 Å². The van der Waals surface area contributed by atoms with E-state index in [9.17, 15) is 15.0 Å². The Morgan fingerprint density at radius 2 is 1.85 bits per heavy atom. The summed E-state index contributed by atoms with van der Waals surface area (Å²) in [5, 5.41) is 28.4. The molecule has 8 nitrogen and oxygen atoms in total. The van der Waals surface area contributed by atoms with E-state index in [-0.39, 0.29) is 31.1 Å². The molecule has 3 rings (SSSR count). The van der Waals surface area contributed by atoms with Crippen molar-refractivity contribution in [2.75, 3.05) is 6.61 Å². The molecule has 0 fully saturated rings. The normalized spacial score (nSPS) is 12.3. The van der Waals surface area contributed by atoms with Gasteiger partial charge in [-0.25, -0.2) is 14.3 Å². The van der Waals surface area contributed by atoms with Crippen molar-refractivity contribution in [1.29, 1.82) is 0 Å². The first kappa shape index (κ1) is 18.0. The second-order valence-corrected chi connectivity index (χ2v) is 6.05. The quantitative estimate of drug-likeness (QED) is 0.670. The van der Waals surface area contributed by atoms with Crippen LogP contribution in [0.3, 0.4) is 0 Å². The number of aromatic nitrogens is 5. The lowest BCUT2D eigenvalue weighted by Crippen LogP contribution is -2.26. The van der Waals surface area contributed by atoms with Crippen molar-refractivity contribution in [2.24, 2.45) is 0 Å². The molecule has 2 aromatic heterocycles. The van der Waals surface area contributed by atoms with Gasteiger partial charge in [-0.2, -0.15) is 10.2 Å². The van der Waals surface area contributed by atoms with Crippen LogP contribution in [0.15, 0.2) is 41.2 Å². The molecular weight excluding hydrogens is 334 g/mol. The van der Waals surface area contributed by atoms with Crippen LogP contribution in [0.25, 0.3) is 0 Å². The summed E-state index contributed by atoms with van der Waals surface area (Å²) in [5.41, 5.74) is 2.00. The molecular formula is C18H21N5O3. The first-order valence-electron chi connectivity index (χ1n) is 8.32. The van der Waals surface area contributed by atoms with Crippen molar-refractivity contribution < 1.29 is 10.2 Å². The van der Waals surface area contributed by atoms with Crippen molar-refractivity contribution in [2.45, 2.75) is 33.0 Å². The van der Waals surface area contributed by atoms with Crippen LogP contribution in [-0.4, -0.2) is 41.4 Å². The van der Waals surface area contributed by atoms with Crippen LogP contribution in [0, 0.1) is 13.8 Å². The zero-order valence-corrected chi connectivity index (χ0v) is 14.7. The van der Waals surface area contributed by atoms with Crippen molar-refractivity contribution in [1.82, 2.24) is 24.5 Å². The minimum atomic E-state index is -0.987. The summed E-state index contributed by atoms with van der Waals surface area (Å²) in [4.78, 5) is 16.6. The number of nitrogens with zero attached hydrogens (tertiary/aromatic N) is 5. The van der Waals surface area contributed by atoms with Crippen molar-refractivity contribution in [3.63, 3.8) is 0 Å². The number of aliphatic hydroxyl groups excluding tert-OH is 2. The van der Waals surface area contributed by atoms with E-state index in [2.05, 4.69) is 15.2 Å². The summed E-state index contributed by atoms with van der Waals surface area (Å²) in [6.45, 7) is 3.84. The van der Waals surface area contributed by atoms with Gasteiger partial charge in [0.2, 0.25) is 0 Å². The number of aryl methyl sites for hydroxylation is 2. The van der Waals surface area contributed by atoms with Crippen LogP contribution in [-0.2, 0) is 13.1 Å². The molecule has 0 bridgehead atoms. The van der Waals surface area contributed by atoms with Gasteiger partial charge in [0.15, 0.2) is 5.82 Å². The average Bonchev–Trinajstić information content (AvgIpc) is 3.03. The zero-order valence-electron chi connectivity index (χ0n) is 14.7. The molecule has 0 radical (unpaired) electrons. The SMILES string of the molecule is Cc1cc(=O)n(Cc2nc([C@@H](O)c3ccccc3)nn2CCO)nc1C. The maximum absolute atomic E-state index is 12.2. The standard InChI is InChI=1S/C18H21N5O3/c1-12-10-16(25)23(20-13(12)2)11-15-19-18(21-22(15)8-9-24)17(26)14-6-4-3-5-7-14/h3-7,10,17,24,26H,8-9,11H2,1-2H3/t17-/m0/s1. The summed E-state index contributed by atoms with van der Waals surface area (Å²) in [6.07, 6.45) is -0.987. The molecule has 3 aromatic rings. The van der Waals surface area contributed by atoms with Gasteiger partial charge in [-0.1, -0.05) is 30.3 Å². The van der Waals surface area contributed by atoms with Gasteiger partial charge in [0.25, 0.3) is 5.56 Å². The highest BCUT2D eigenvalue weighted by Crippen LogP contribution is 2.19. The highest BCUT2D eigenvalue weighted by molar-refractivity contribution is 5.22. The number of hydrogen-bond donors (Lipinski definition) is 2. The van der Waals surface area contributed by atoms with Gasteiger partial charge in [0.1, 0.15) is 18.5 Å². The van der Waals surface area contributed by atoms with E-state index in [1.165, 1.54) is 15.4 Å². The number of aliphatic hydroxyl groups is 2. The van der Waals surface area contributed by atoms with E-state index in [0.717, 1.165) is 11.3 Å². The van der Waals surface area contributed by atoms with Crippen molar-refractivity contribution in [3.8, 4) is 0 Å². The minimum Gasteiger partial charge on any atom is -0.394 e. The van der Waals surface area contributed by atoms with Crippen LogP contribution in [0.2, 0.25) is 0 Å². The molecule has 0 unspecified atom stereocenters. The summed E-state index contributed by atoms with van der Waals surface area (Å²) >= 11 is 0. The van der Waals surface area contributed by atoms with Crippen LogP contribution in [0.4, 0.5) is 0 Å². The Bertz CT molecular complexity index is 949. The molecule has 136 valence electrons. The highest BCUT2D eigenvalue weighted by Gasteiger charge is 2.19. The second-order valence-electron chi connectivity index (χ2n) is 6.05. The summed E-state index contributed by atoms with van der Waals surface area (Å²) in [5.74, 6) is 0.665. The largest absolute Gasteiger partial charge is 0.394 e. The van der Waals surface area contributed by atoms with E-state index in [1.54, 1.807) is 12.1 Å². The van der Waals surface area contributed by atoms with E-state index in [1.807, 2.05) is 32.0 Å². The Labute approximate surface area is 150 Å². The Morgan fingerprint density at radius 1 is 1.12 bits per heavy atom. The molecule has 0 amide bonds. The molecule has 8 heteroatoms. The first-order valence-corrected chi connectivity index (χ1v) is 8.32. The maximum atomic E-state index is 12.2. The molecule has 1 atom stereocenters. The Kier molecular flexibility index (Phi) is 5.24. The molecule has 0 spiro atoms. The molecule has 26 heavy (non-hydrogen) atoms. The van der Waals surface area contributed by atoms with E-state index in [0.29, 0.717) is 11.4 Å². The molecule has 1 aromatic carbocycles. The smallest absolute Gasteiger partial charge is 0.267 e. The third-order valence-corrected chi connectivity index (χ3v) is 4.16. The van der Waals surface area contributed by atoms with Gasteiger partial charge in [0, 0.05) is 6.07 Å². The summed E-state index contributed by atoms with van der Waals surface area (Å²) in [6, 6.07) is 10.6. The van der Waals surface area contributed by atoms with Gasteiger partial charge in [-0.15, -0.1) is 0 Å². The zero-order chi connectivity index (χ0) is 18.7. The molecule has 0 aliphatic heterocycles. The molecule has 0 aliphatic carbocycles. The summed E-state index contributed by atoms with van der Waals surface area (Å²) in [7, 11) is 0. The lowest BCUT2D eigenvalue weighted by atomic mass is 10.1. The lowest BCUT2D eigenvalue weighted by Gasteiger charge is -2.07. The van der Waals surface area contributed by atoms with E-state index < -0.39 is 6.10 Å². The van der Waals surface area contributed by atoms with Gasteiger partial charge in [-0.05, 0) is 25.0 Å². The lowest BCUT2D eigenvalue weighted by molar-refractivity contribution is 0.208. The Balaban J connectivity index is 1.95. The molecule has 0 saturated carbocycles. The predicted octanol–water partition coefficient (Wildman–Crippen LogP) is 0.574. The third kappa shape index (κ3) is 3.71. The van der Waals surface area contributed by atoms with Crippen molar-refractivity contribution >= 4 is 0 Å². The van der Waals surface area contributed by atoms with E-state index >= 15 is 0 Å². The first-order chi connectivity index (χ1) is 12.5. The van der Waals surface area contributed by atoms with Crippen LogP contribution in [0.1, 0.15) is 34.6 Å². The maximum Gasteiger partial charge on any atom is 0.267 e. The Hall–Kier alpha value is -2.84. The van der Waals surface area contributed by atoms with Crippen LogP contribution < -0.4 is 5.56 Å². The third-order valence-electron chi connectivity index (χ3n) is 4.16. The molecule has 2 N–H and O–H groups in total. The molecule has 0 saturated heterocycles. The van der Waals surface area contributed by atoms with Gasteiger partial charge in [-0.3, -0.25) is 4.79 Å². The number of benzene rings is 1. The average molecular weight is 355 g/mol. The molecule has 2 heterocycles. The Morgan fingerprint density at radius 3 is 2.54 bits per heavy atom. The summed E-state index contributed by atoms with van der Waals surface area (Å²) < 4.78 is 2.80. The van der Waals surface area contributed by atoms with Gasteiger partial charge in [0.05, 0.1) is 18.8 Å². The van der Waals surface area contributed by atoms with Crippen LogP contribution >= 0.6 is 0 Å². The topological polar surface area (TPSA) is 106 Å². The second kappa shape index (κ2) is 7.59. The van der Waals surface area contributed by atoms with Gasteiger partial charge >= 0.3 is 0 Å². The van der Waals surface area contributed by atoms with Crippen LogP contribution in [0.5, 0.6) is 0 Å². The minimum absolute atomic E-state index is 0.106. The fourth-order valence-electron chi connectivity index (χ4n) is 2.61. The fraction of sp³-hybridized carbons (Fsp3) is 0.333. The monoisotopic (exact) mass is 355 g/mol. The fourth-order valence-corrected chi connectivity index (χ4v) is 2.61. The van der Waals surface area contributed by atoms with Gasteiger partial charge < -0.3 is 10.2 Å². The highest BCUT2D eigenvalue weighted by atomic mass is 16.3. The number of hydrogen-bond acceptors (Lipinski definition) is 6. The predicted molar refractivity (Wildman–Crippen MR) is 94.7 cm³/mol.